The summed E-state index contributed by atoms with van der Waals surface area (Å²) in [7, 11) is 1.53. The molecule has 3 unspecified atom stereocenters. The Balaban J connectivity index is 1.85. The van der Waals surface area contributed by atoms with Gasteiger partial charge in [-0.05, 0) is 45.0 Å². The second-order valence-corrected chi connectivity index (χ2v) is 8.72. The molecule has 2 aliphatic rings. The first-order valence-electron chi connectivity index (χ1n) is 10.4. The van der Waals surface area contributed by atoms with Gasteiger partial charge < -0.3 is 20.0 Å². The lowest BCUT2D eigenvalue weighted by Crippen LogP contribution is -2.74. The van der Waals surface area contributed by atoms with Crippen molar-refractivity contribution in [1.29, 1.82) is 0 Å². The van der Waals surface area contributed by atoms with Gasteiger partial charge in [0.05, 0.1) is 7.11 Å². The van der Waals surface area contributed by atoms with Gasteiger partial charge in [-0.2, -0.15) is 5.01 Å². The monoisotopic (exact) mass is 434 g/mol. The van der Waals surface area contributed by atoms with E-state index in [0.29, 0.717) is 24.3 Å². The molecule has 3 atom stereocenters. The number of methoxy groups -OCH3 is 1. The van der Waals surface area contributed by atoms with Crippen LogP contribution in [0.15, 0.2) is 24.3 Å². The Morgan fingerprint density at radius 1 is 1.26 bits per heavy atom. The first-order valence-corrected chi connectivity index (χ1v) is 10.4. The third kappa shape index (κ3) is 4.97. The van der Waals surface area contributed by atoms with E-state index in [0.717, 1.165) is 5.01 Å². The van der Waals surface area contributed by atoms with Crippen LogP contribution in [0.1, 0.15) is 50.4 Å². The number of nitrogens with one attached hydrogen (secondary N) is 2. The molecule has 0 aliphatic carbocycles. The Labute approximate surface area is 181 Å². The molecule has 1 aromatic carbocycles. The number of hydrogen-bond donors (Lipinski definition) is 2. The van der Waals surface area contributed by atoms with Gasteiger partial charge in [0.15, 0.2) is 6.17 Å². The number of quaternary nitrogens is 1. The highest BCUT2D eigenvalue weighted by atomic mass is 16.6. The second kappa shape index (κ2) is 8.81. The Morgan fingerprint density at radius 2 is 1.94 bits per heavy atom. The largest absolute Gasteiger partial charge is 0.604 e. The van der Waals surface area contributed by atoms with Crippen LogP contribution >= 0.6 is 0 Å². The maximum atomic E-state index is 14.0. The third-order valence-corrected chi connectivity index (χ3v) is 5.26. The van der Waals surface area contributed by atoms with E-state index in [-0.39, 0.29) is 19.4 Å². The van der Waals surface area contributed by atoms with E-state index in [2.05, 4.69) is 10.6 Å². The zero-order valence-electron chi connectivity index (χ0n) is 18.3. The number of nitrogens with zero attached hydrogens (tertiary/aromatic N) is 2. The van der Waals surface area contributed by atoms with E-state index in [4.69, 9.17) is 9.47 Å². The summed E-state index contributed by atoms with van der Waals surface area (Å²) < 4.78 is 9.41. The number of amides is 2. The number of hydroxylamine groups is 2. The lowest BCUT2D eigenvalue weighted by molar-refractivity contribution is -1.01. The molecule has 0 saturated carbocycles. The topological polar surface area (TPSA) is 120 Å². The van der Waals surface area contributed by atoms with Crippen LogP contribution in [0.4, 0.5) is 0 Å². The summed E-state index contributed by atoms with van der Waals surface area (Å²) in [5, 5.41) is 20.7. The summed E-state index contributed by atoms with van der Waals surface area (Å²) in [6.45, 7) is 5.57. The standard InChI is InChI=1S/C21H30N4O6/c1-21(2,3)31-20(28)18-22-12-5-13-25(29)16(10-11-17(26)24(18)25)23-19(27)14-6-8-15(30-4)9-7-14/h6-9,16,18,22H,5,10-13H2,1-4H3,(H,23,27). The quantitative estimate of drug-likeness (QED) is 0.416. The van der Waals surface area contributed by atoms with Crippen LogP contribution in [0.2, 0.25) is 0 Å². The molecule has 3 rings (SSSR count). The molecule has 0 spiro atoms. The van der Waals surface area contributed by atoms with Gasteiger partial charge in [0.1, 0.15) is 17.9 Å². The van der Waals surface area contributed by atoms with E-state index in [1.165, 1.54) is 7.11 Å². The van der Waals surface area contributed by atoms with Crippen molar-refractivity contribution in [1.82, 2.24) is 15.6 Å². The fourth-order valence-electron chi connectivity index (χ4n) is 3.84. The predicted molar refractivity (Wildman–Crippen MR) is 111 cm³/mol. The second-order valence-electron chi connectivity index (χ2n) is 8.72. The van der Waals surface area contributed by atoms with Crippen LogP contribution in [-0.4, -0.2) is 65.7 Å². The number of carbonyl (C=O) groups is 3. The van der Waals surface area contributed by atoms with Crippen LogP contribution < -0.4 is 15.4 Å². The number of hydrogen-bond acceptors (Lipinski definition) is 7. The summed E-state index contributed by atoms with van der Waals surface area (Å²) in [6.07, 6.45) is -1.47. The van der Waals surface area contributed by atoms with Gasteiger partial charge in [0, 0.05) is 31.4 Å². The van der Waals surface area contributed by atoms with Gasteiger partial charge in [-0.3, -0.25) is 14.9 Å². The first kappa shape index (κ1) is 23.0. The minimum Gasteiger partial charge on any atom is -0.604 e. The zero-order chi connectivity index (χ0) is 22.8. The number of esters is 1. The average Bonchev–Trinajstić information content (AvgIpc) is 2.89. The lowest BCUT2D eigenvalue weighted by Gasteiger charge is -2.56. The molecule has 2 fully saturated rings. The fourth-order valence-corrected chi connectivity index (χ4v) is 3.84. The van der Waals surface area contributed by atoms with E-state index >= 15 is 0 Å². The highest BCUT2D eigenvalue weighted by Crippen LogP contribution is 2.31. The van der Waals surface area contributed by atoms with Crippen LogP contribution in [-0.2, 0) is 14.3 Å². The van der Waals surface area contributed by atoms with Crippen molar-refractivity contribution in [3.63, 3.8) is 0 Å². The molecule has 0 bridgehead atoms. The number of carbonyl (C=O) groups excluding carboxylic acids is 3. The fraction of sp³-hybridized carbons (Fsp3) is 0.571. The Morgan fingerprint density at radius 3 is 2.55 bits per heavy atom. The molecule has 2 aliphatic heterocycles. The summed E-state index contributed by atoms with van der Waals surface area (Å²) in [5.41, 5.74) is -0.405. The highest BCUT2D eigenvalue weighted by molar-refractivity contribution is 5.94. The summed E-state index contributed by atoms with van der Waals surface area (Å²) in [5.74, 6) is -0.961. The van der Waals surface area contributed by atoms with Crippen molar-refractivity contribution >= 4 is 17.8 Å². The minimum absolute atomic E-state index is 0.0385. The Kier molecular flexibility index (Phi) is 6.54. The number of rotatable bonds is 4. The van der Waals surface area contributed by atoms with Crippen molar-refractivity contribution in [3.8, 4) is 5.75 Å². The maximum Gasteiger partial charge on any atom is 0.350 e. The van der Waals surface area contributed by atoms with Crippen molar-refractivity contribution < 1.29 is 28.6 Å². The molecule has 2 saturated heterocycles. The van der Waals surface area contributed by atoms with Crippen LogP contribution in [0.25, 0.3) is 0 Å². The molecular formula is C21H30N4O6. The normalized spacial score (nSPS) is 26.5. The Bertz CT molecular complexity index is 837. The predicted octanol–water partition coefficient (Wildman–Crippen LogP) is 1.26. The van der Waals surface area contributed by atoms with Gasteiger partial charge in [-0.25, -0.2) is 9.55 Å². The molecule has 1 aromatic rings. The zero-order valence-corrected chi connectivity index (χ0v) is 18.3. The van der Waals surface area contributed by atoms with Crippen LogP contribution in [0.3, 0.4) is 0 Å². The molecule has 170 valence electrons. The van der Waals surface area contributed by atoms with Crippen molar-refractivity contribution in [3.05, 3.63) is 35.0 Å². The molecule has 2 N–H and O–H groups in total. The van der Waals surface area contributed by atoms with Crippen molar-refractivity contribution in [2.24, 2.45) is 0 Å². The van der Waals surface area contributed by atoms with Gasteiger partial charge in [-0.15, -0.1) is 0 Å². The highest BCUT2D eigenvalue weighted by Gasteiger charge is 2.51. The van der Waals surface area contributed by atoms with E-state index in [9.17, 15) is 19.6 Å². The minimum atomic E-state index is -1.22. The van der Waals surface area contributed by atoms with Gasteiger partial charge in [0.2, 0.25) is 6.17 Å². The lowest BCUT2D eigenvalue weighted by atomic mass is 10.1. The smallest absolute Gasteiger partial charge is 0.350 e. The first-order chi connectivity index (χ1) is 14.5. The average molecular weight is 434 g/mol. The molecule has 0 aromatic heterocycles. The van der Waals surface area contributed by atoms with E-state index in [1.54, 1.807) is 45.0 Å². The molecule has 31 heavy (non-hydrogen) atoms. The van der Waals surface area contributed by atoms with E-state index < -0.39 is 40.5 Å². The molecule has 2 heterocycles. The van der Waals surface area contributed by atoms with Gasteiger partial charge in [0.25, 0.3) is 11.8 Å². The summed E-state index contributed by atoms with van der Waals surface area (Å²) >= 11 is 0. The van der Waals surface area contributed by atoms with Gasteiger partial charge >= 0.3 is 5.97 Å². The molecule has 0 radical (unpaired) electrons. The number of benzene rings is 1. The third-order valence-electron chi connectivity index (χ3n) is 5.26. The van der Waals surface area contributed by atoms with E-state index in [1.807, 2.05) is 0 Å². The number of fused-ring (bicyclic) bond motifs is 1. The summed E-state index contributed by atoms with van der Waals surface area (Å²) in [6, 6.07) is 6.51. The van der Waals surface area contributed by atoms with Crippen LogP contribution in [0.5, 0.6) is 5.75 Å². The SMILES string of the molecule is COc1ccc(C(=O)NC2CCC(=O)N3C(C(=O)OC(C)(C)C)NCCC[N+]23[O-])cc1. The van der Waals surface area contributed by atoms with Crippen molar-refractivity contribution in [2.75, 3.05) is 20.2 Å². The Hall–Kier alpha value is -2.69. The molecule has 10 nitrogen and oxygen atoms in total. The molecular weight excluding hydrogens is 404 g/mol. The van der Waals surface area contributed by atoms with Gasteiger partial charge in [-0.1, -0.05) is 0 Å². The van der Waals surface area contributed by atoms with Crippen molar-refractivity contribution in [2.45, 2.75) is 58.0 Å². The maximum absolute atomic E-state index is 14.0. The molecule has 10 heteroatoms. The summed E-state index contributed by atoms with van der Waals surface area (Å²) in [4.78, 5) is 38.4. The van der Waals surface area contributed by atoms with Crippen LogP contribution in [0, 0.1) is 5.21 Å². The number of ether oxygens (including phenoxy) is 2. The molecule has 2 amide bonds.